The number of hydrogen-bond donors (Lipinski definition) is 3. The molecule has 1 rings (SSSR count). The first kappa shape index (κ1) is 14.4. The number of aliphatic hydroxyl groups is 1. The van der Waals surface area contributed by atoms with Crippen LogP contribution in [0.4, 0.5) is 0 Å². The SMILES string of the molecule is CCC(C)(CCO)NC(=O)c1cc(C)[nH]c(=O)c1. The Balaban J connectivity index is 2.90. The topological polar surface area (TPSA) is 82.2 Å². The molecule has 0 saturated heterocycles. The number of aromatic amines is 1. The Hall–Kier alpha value is -1.62. The molecule has 0 spiro atoms. The summed E-state index contributed by atoms with van der Waals surface area (Å²) in [6.07, 6.45) is 1.19. The Morgan fingerprint density at radius 3 is 2.67 bits per heavy atom. The van der Waals surface area contributed by atoms with Gasteiger partial charge in [-0.05, 0) is 32.8 Å². The third-order valence-corrected chi connectivity index (χ3v) is 3.10. The predicted molar refractivity (Wildman–Crippen MR) is 69.7 cm³/mol. The highest BCUT2D eigenvalue weighted by Gasteiger charge is 2.24. The molecule has 0 radical (unpaired) electrons. The fourth-order valence-electron chi connectivity index (χ4n) is 1.73. The lowest BCUT2D eigenvalue weighted by Gasteiger charge is -2.29. The molecule has 1 unspecified atom stereocenters. The van der Waals surface area contributed by atoms with Gasteiger partial charge in [-0.2, -0.15) is 0 Å². The first-order chi connectivity index (χ1) is 8.40. The molecule has 1 amide bonds. The number of rotatable bonds is 5. The first-order valence-corrected chi connectivity index (χ1v) is 6.04. The van der Waals surface area contributed by atoms with Crippen LogP contribution >= 0.6 is 0 Å². The Labute approximate surface area is 106 Å². The van der Waals surface area contributed by atoms with E-state index < -0.39 is 5.54 Å². The summed E-state index contributed by atoms with van der Waals surface area (Å²) in [4.78, 5) is 25.9. The normalized spacial score (nSPS) is 14.0. The lowest BCUT2D eigenvalue weighted by molar-refractivity contribution is 0.0886. The predicted octanol–water partition coefficient (Wildman–Crippen LogP) is 0.964. The molecule has 1 heterocycles. The van der Waals surface area contributed by atoms with Gasteiger partial charge in [0.2, 0.25) is 5.56 Å². The van der Waals surface area contributed by atoms with Crippen LogP contribution < -0.4 is 10.9 Å². The second-order valence-electron chi connectivity index (χ2n) is 4.76. The maximum atomic E-state index is 12.1. The van der Waals surface area contributed by atoms with E-state index in [1.165, 1.54) is 6.07 Å². The first-order valence-electron chi connectivity index (χ1n) is 6.04. The van der Waals surface area contributed by atoms with Gasteiger partial charge in [0.25, 0.3) is 5.91 Å². The summed E-state index contributed by atoms with van der Waals surface area (Å²) in [5.74, 6) is -0.290. The van der Waals surface area contributed by atoms with Gasteiger partial charge in [0.1, 0.15) is 0 Å². The lowest BCUT2D eigenvalue weighted by atomic mass is 9.94. The van der Waals surface area contributed by atoms with Crippen molar-refractivity contribution in [1.82, 2.24) is 10.3 Å². The van der Waals surface area contributed by atoms with E-state index in [4.69, 9.17) is 5.11 Å². The molecule has 100 valence electrons. The number of carbonyl (C=O) groups is 1. The van der Waals surface area contributed by atoms with Gasteiger partial charge in [-0.1, -0.05) is 6.92 Å². The van der Waals surface area contributed by atoms with Gasteiger partial charge < -0.3 is 15.4 Å². The van der Waals surface area contributed by atoms with Crippen LogP contribution in [-0.4, -0.2) is 28.1 Å². The highest BCUT2D eigenvalue weighted by Crippen LogP contribution is 2.14. The van der Waals surface area contributed by atoms with Crippen LogP contribution in [0.25, 0.3) is 0 Å². The van der Waals surface area contributed by atoms with Gasteiger partial charge in [0, 0.05) is 29.5 Å². The van der Waals surface area contributed by atoms with Gasteiger partial charge in [-0.25, -0.2) is 0 Å². The summed E-state index contributed by atoms with van der Waals surface area (Å²) < 4.78 is 0. The third-order valence-electron chi connectivity index (χ3n) is 3.10. The number of aromatic nitrogens is 1. The van der Waals surface area contributed by atoms with Crippen LogP contribution in [-0.2, 0) is 0 Å². The molecular weight excluding hydrogens is 232 g/mol. The maximum absolute atomic E-state index is 12.1. The summed E-state index contributed by atoms with van der Waals surface area (Å²) in [5.41, 5.74) is 0.241. The van der Waals surface area contributed by atoms with Crippen molar-refractivity contribution in [3.63, 3.8) is 0 Å². The monoisotopic (exact) mass is 252 g/mol. The second-order valence-corrected chi connectivity index (χ2v) is 4.76. The lowest BCUT2D eigenvalue weighted by Crippen LogP contribution is -2.46. The average Bonchev–Trinajstić information content (AvgIpc) is 2.28. The Kier molecular flexibility index (Phi) is 4.67. The van der Waals surface area contributed by atoms with E-state index in [2.05, 4.69) is 10.3 Å². The van der Waals surface area contributed by atoms with Gasteiger partial charge >= 0.3 is 0 Å². The smallest absolute Gasteiger partial charge is 0.251 e. The molecule has 1 aromatic rings. The summed E-state index contributed by atoms with van der Waals surface area (Å²) in [7, 11) is 0. The molecule has 0 aromatic carbocycles. The van der Waals surface area contributed by atoms with Crippen LogP contribution in [0.15, 0.2) is 16.9 Å². The zero-order chi connectivity index (χ0) is 13.8. The molecule has 18 heavy (non-hydrogen) atoms. The van der Waals surface area contributed by atoms with Crippen molar-refractivity contribution in [2.75, 3.05) is 6.61 Å². The summed E-state index contributed by atoms with van der Waals surface area (Å²) >= 11 is 0. The second kappa shape index (κ2) is 5.82. The van der Waals surface area contributed by atoms with E-state index in [0.29, 0.717) is 24.1 Å². The third kappa shape index (κ3) is 3.70. The van der Waals surface area contributed by atoms with Crippen molar-refractivity contribution >= 4 is 5.91 Å². The standard InChI is InChI=1S/C13H20N2O3/c1-4-13(3,5-6-16)15-12(18)10-7-9(2)14-11(17)8-10/h7-8,16H,4-6H2,1-3H3,(H,14,17)(H,15,18). The minimum Gasteiger partial charge on any atom is -0.396 e. The molecular formula is C13H20N2O3. The number of aliphatic hydroxyl groups excluding tert-OH is 1. The van der Waals surface area contributed by atoms with E-state index in [1.54, 1.807) is 13.0 Å². The average molecular weight is 252 g/mol. The summed E-state index contributed by atoms with van der Waals surface area (Å²) in [6, 6.07) is 2.91. The Morgan fingerprint density at radius 1 is 1.50 bits per heavy atom. The number of nitrogens with one attached hydrogen (secondary N) is 2. The molecule has 5 heteroatoms. The van der Waals surface area contributed by atoms with Crippen LogP contribution in [0.3, 0.4) is 0 Å². The zero-order valence-electron chi connectivity index (χ0n) is 11.0. The van der Waals surface area contributed by atoms with E-state index in [-0.39, 0.29) is 18.1 Å². The van der Waals surface area contributed by atoms with Crippen molar-refractivity contribution in [2.24, 2.45) is 0 Å². The molecule has 0 bridgehead atoms. The molecule has 0 fully saturated rings. The van der Waals surface area contributed by atoms with E-state index in [0.717, 1.165) is 0 Å². The zero-order valence-corrected chi connectivity index (χ0v) is 11.0. The molecule has 0 saturated carbocycles. The quantitative estimate of drug-likeness (QED) is 0.730. The fraction of sp³-hybridized carbons (Fsp3) is 0.538. The van der Waals surface area contributed by atoms with Gasteiger partial charge in [-0.15, -0.1) is 0 Å². The highest BCUT2D eigenvalue weighted by atomic mass is 16.3. The molecule has 0 aliphatic carbocycles. The number of H-pyrrole nitrogens is 1. The fourth-order valence-corrected chi connectivity index (χ4v) is 1.73. The van der Waals surface area contributed by atoms with Crippen LogP contribution in [0.2, 0.25) is 0 Å². The minimum atomic E-state index is -0.456. The summed E-state index contributed by atoms with van der Waals surface area (Å²) in [5, 5.41) is 11.9. The number of aryl methyl sites for hydroxylation is 1. The number of pyridine rings is 1. The van der Waals surface area contributed by atoms with Crippen molar-refractivity contribution in [3.8, 4) is 0 Å². The molecule has 1 aromatic heterocycles. The number of amides is 1. The van der Waals surface area contributed by atoms with Gasteiger partial charge in [-0.3, -0.25) is 9.59 Å². The van der Waals surface area contributed by atoms with Crippen LogP contribution in [0.1, 0.15) is 42.7 Å². The van der Waals surface area contributed by atoms with Crippen LogP contribution in [0, 0.1) is 6.92 Å². The Bertz CT molecular complexity index is 481. The largest absolute Gasteiger partial charge is 0.396 e. The van der Waals surface area contributed by atoms with Crippen molar-refractivity contribution in [2.45, 2.75) is 39.2 Å². The number of hydrogen-bond acceptors (Lipinski definition) is 3. The molecule has 5 nitrogen and oxygen atoms in total. The molecule has 1 atom stereocenters. The van der Waals surface area contributed by atoms with Crippen LogP contribution in [0.5, 0.6) is 0 Å². The minimum absolute atomic E-state index is 0.0129. The number of carbonyl (C=O) groups excluding carboxylic acids is 1. The molecule has 0 aliphatic heterocycles. The maximum Gasteiger partial charge on any atom is 0.251 e. The van der Waals surface area contributed by atoms with E-state index >= 15 is 0 Å². The van der Waals surface area contributed by atoms with Crippen molar-refractivity contribution < 1.29 is 9.90 Å². The Morgan fingerprint density at radius 2 is 2.17 bits per heavy atom. The van der Waals surface area contributed by atoms with Crippen molar-refractivity contribution in [1.29, 1.82) is 0 Å². The van der Waals surface area contributed by atoms with E-state index in [1.807, 2.05) is 13.8 Å². The van der Waals surface area contributed by atoms with Gasteiger partial charge in [0.15, 0.2) is 0 Å². The summed E-state index contributed by atoms with van der Waals surface area (Å²) in [6.45, 7) is 5.56. The molecule has 0 aliphatic rings. The molecule has 3 N–H and O–H groups in total. The highest BCUT2D eigenvalue weighted by molar-refractivity contribution is 5.94. The van der Waals surface area contributed by atoms with Crippen molar-refractivity contribution in [3.05, 3.63) is 33.7 Å². The van der Waals surface area contributed by atoms with E-state index in [9.17, 15) is 9.59 Å². The van der Waals surface area contributed by atoms with Gasteiger partial charge in [0.05, 0.1) is 0 Å².